The van der Waals surface area contributed by atoms with E-state index in [0.29, 0.717) is 23.1 Å². The lowest BCUT2D eigenvalue weighted by molar-refractivity contribution is -0.118. The Bertz CT molecular complexity index is 1010. The topological polar surface area (TPSA) is 132 Å². The van der Waals surface area contributed by atoms with Crippen molar-refractivity contribution in [1.29, 1.82) is 5.26 Å². The van der Waals surface area contributed by atoms with Gasteiger partial charge in [-0.2, -0.15) is 10.2 Å². The Labute approximate surface area is 175 Å². The fourth-order valence-corrected chi connectivity index (χ4v) is 4.03. The summed E-state index contributed by atoms with van der Waals surface area (Å²) in [5.41, 5.74) is 1.70. The van der Waals surface area contributed by atoms with Crippen molar-refractivity contribution >= 4 is 29.2 Å². The summed E-state index contributed by atoms with van der Waals surface area (Å²) in [6.45, 7) is 5.92. The minimum Gasteiger partial charge on any atom is -0.365 e. The minimum absolute atomic E-state index is 0.0268. The lowest BCUT2D eigenvalue weighted by Gasteiger charge is -2.38. The number of carbonyl (C=O) groups is 1. The van der Waals surface area contributed by atoms with E-state index in [1.54, 1.807) is 6.20 Å². The van der Waals surface area contributed by atoms with E-state index in [9.17, 15) is 4.79 Å². The summed E-state index contributed by atoms with van der Waals surface area (Å²) >= 11 is 0. The van der Waals surface area contributed by atoms with Crippen molar-refractivity contribution in [2.45, 2.75) is 51.7 Å². The van der Waals surface area contributed by atoms with E-state index in [1.807, 2.05) is 38.8 Å². The number of aryl methyl sites for hydroxylation is 1. The second-order valence-corrected chi connectivity index (χ2v) is 8.14. The minimum atomic E-state index is -0.266. The number of fused-ring (bicyclic) bond motifs is 1. The first-order chi connectivity index (χ1) is 14.4. The Morgan fingerprint density at radius 2 is 1.90 bits per heavy atom. The summed E-state index contributed by atoms with van der Waals surface area (Å²) in [7, 11) is 1.90. The highest BCUT2D eigenvalue weighted by atomic mass is 16.2. The number of amides is 1. The van der Waals surface area contributed by atoms with Crippen molar-refractivity contribution in [2.75, 3.05) is 27.9 Å². The average Bonchev–Trinajstić information content (AvgIpc) is 2.67. The maximum Gasteiger partial charge on any atom is 0.247 e. The van der Waals surface area contributed by atoms with Crippen LogP contribution in [0.2, 0.25) is 0 Å². The van der Waals surface area contributed by atoms with E-state index < -0.39 is 0 Å². The van der Waals surface area contributed by atoms with Crippen LogP contribution in [0.15, 0.2) is 12.4 Å². The van der Waals surface area contributed by atoms with Gasteiger partial charge in [0.2, 0.25) is 11.9 Å². The number of rotatable bonds is 5. The standard InChI is InChI=1S/C20H25N9O/c1-10(2)16-19(30)27-15-11(3)24-20(28-18(15)29(16)4)26-13-7-12(8-13)25-17-14(9-21)22-5-6-23-17/h5-6,10,12-13,16H,7-8H2,1-4H3,(H,23,25)(H,27,30)(H,24,26,28)/t12?,13?,16-/m0/s1. The molecule has 3 N–H and O–H groups in total. The number of hydrogen-bond acceptors (Lipinski definition) is 9. The number of hydrogen-bond donors (Lipinski definition) is 3. The third-order valence-electron chi connectivity index (χ3n) is 5.59. The summed E-state index contributed by atoms with van der Waals surface area (Å²) in [4.78, 5) is 31.8. The Morgan fingerprint density at radius 3 is 2.60 bits per heavy atom. The second-order valence-electron chi connectivity index (χ2n) is 8.14. The predicted octanol–water partition coefficient (Wildman–Crippen LogP) is 1.91. The van der Waals surface area contributed by atoms with Crippen LogP contribution >= 0.6 is 0 Å². The van der Waals surface area contributed by atoms with E-state index in [2.05, 4.69) is 35.9 Å². The van der Waals surface area contributed by atoms with Gasteiger partial charge in [-0.1, -0.05) is 13.8 Å². The Kier molecular flexibility index (Phi) is 5.11. The van der Waals surface area contributed by atoms with Crippen molar-refractivity contribution in [2.24, 2.45) is 5.92 Å². The van der Waals surface area contributed by atoms with Crippen molar-refractivity contribution in [1.82, 2.24) is 19.9 Å². The molecule has 1 atom stereocenters. The van der Waals surface area contributed by atoms with Crippen LogP contribution < -0.4 is 20.9 Å². The van der Waals surface area contributed by atoms with Crippen molar-refractivity contribution in [3.05, 3.63) is 23.8 Å². The van der Waals surface area contributed by atoms with Gasteiger partial charge in [-0.15, -0.1) is 0 Å². The van der Waals surface area contributed by atoms with Gasteiger partial charge in [-0.25, -0.2) is 15.0 Å². The lowest BCUT2D eigenvalue weighted by atomic mass is 9.87. The van der Waals surface area contributed by atoms with Crippen LogP contribution in [-0.2, 0) is 4.79 Å². The average molecular weight is 407 g/mol. The van der Waals surface area contributed by atoms with E-state index >= 15 is 0 Å². The highest BCUT2D eigenvalue weighted by Gasteiger charge is 2.36. The molecule has 0 spiro atoms. The quantitative estimate of drug-likeness (QED) is 0.680. The maximum absolute atomic E-state index is 12.5. The van der Waals surface area contributed by atoms with Crippen LogP contribution in [0, 0.1) is 24.2 Å². The Balaban J connectivity index is 1.43. The number of likely N-dealkylation sites (N-methyl/N-ethyl adjacent to an activating group) is 1. The fourth-order valence-electron chi connectivity index (χ4n) is 4.03. The highest BCUT2D eigenvalue weighted by molar-refractivity contribution is 6.03. The van der Waals surface area contributed by atoms with E-state index in [1.165, 1.54) is 6.20 Å². The predicted molar refractivity (Wildman–Crippen MR) is 113 cm³/mol. The number of carbonyl (C=O) groups excluding carboxylic acids is 1. The molecule has 4 rings (SSSR count). The molecule has 30 heavy (non-hydrogen) atoms. The molecule has 1 aliphatic heterocycles. The van der Waals surface area contributed by atoms with Crippen LogP contribution in [0.25, 0.3) is 0 Å². The van der Waals surface area contributed by atoms with Gasteiger partial charge in [0.1, 0.15) is 17.8 Å². The molecule has 1 saturated carbocycles. The first kappa shape index (κ1) is 19.8. The Morgan fingerprint density at radius 1 is 1.20 bits per heavy atom. The molecule has 10 nitrogen and oxygen atoms in total. The fraction of sp³-hybridized carbons (Fsp3) is 0.500. The van der Waals surface area contributed by atoms with E-state index in [0.717, 1.165) is 24.4 Å². The van der Waals surface area contributed by atoms with Crippen LogP contribution in [0.1, 0.15) is 38.1 Å². The number of anilines is 4. The molecule has 10 heteroatoms. The zero-order valence-corrected chi connectivity index (χ0v) is 17.5. The lowest BCUT2D eigenvalue weighted by Crippen LogP contribution is -2.50. The molecule has 0 saturated heterocycles. The van der Waals surface area contributed by atoms with Crippen LogP contribution in [0.5, 0.6) is 0 Å². The van der Waals surface area contributed by atoms with Crippen LogP contribution in [-0.4, -0.2) is 51.0 Å². The smallest absolute Gasteiger partial charge is 0.247 e. The molecule has 0 bridgehead atoms. The van der Waals surface area contributed by atoms with Gasteiger partial charge in [0.25, 0.3) is 0 Å². The first-order valence-corrected chi connectivity index (χ1v) is 10.0. The molecule has 2 aliphatic rings. The number of aromatic nitrogens is 4. The molecule has 1 fully saturated rings. The van der Waals surface area contributed by atoms with Gasteiger partial charge in [-0.3, -0.25) is 4.79 Å². The number of nitrogens with one attached hydrogen (secondary N) is 3. The van der Waals surface area contributed by atoms with E-state index in [-0.39, 0.29) is 30.0 Å². The molecule has 2 aromatic heterocycles. The molecule has 3 heterocycles. The molecule has 0 unspecified atom stereocenters. The summed E-state index contributed by atoms with van der Waals surface area (Å²) < 4.78 is 0. The second kappa shape index (κ2) is 7.74. The van der Waals surface area contributed by atoms with Gasteiger partial charge in [-0.05, 0) is 25.7 Å². The molecule has 156 valence electrons. The third kappa shape index (κ3) is 3.58. The monoisotopic (exact) mass is 407 g/mol. The molecular weight excluding hydrogens is 382 g/mol. The largest absolute Gasteiger partial charge is 0.365 e. The zero-order valence-electron chi connectivity index (χ0n) is 17.5. The SMILES string of the molecule is Cc1nc(NC2CC(Nc3nccnc3C#N)C2)nc2c1NC(=O)[C@H](C(C)C)N2C. The summed E-state index contributed by atoms with van der Waals surface area (Å²) in [5.74, 6) is 1.93. The van der Waals surface area contributed by atoms with Gasteiger partial charge in [0, 0.05) is 31.5 Å². The molecule has 0 aromatic carbocycles. The van der Waals surface area contributed by atoms with Gasteiger partial charge in [0.15, 0.2) is 17.3 Å². The third-order valence-corrected chi connectivity index (χ3v) is 5.59. The van der Waals surface area contributed by atoms with Crippen molar-refractivity contribution in [3.8, 4) is 6.07 Å². The normalized spacial score (nSPS) is 22.6. The van der Waals surface area contributed by atoms with Gasteiger partial charge < -0.3 is 20.9 Å². The van der Waals surface area contributed by atoms with Crippen molar-refractivity contribution < 1.29 is 4.79 Å². The van der Waals surface area contributed by atoms with Gasteiger partial charge in [0.05, 0.1) is 5.69 Å². The summed E-state index contributed by atoms with van der Waals surface area (Å²) in [5, 5.41) is 18.8. The molecule has 0 radical (unpaired) electrons. The molecule has 2 aromatic rings. The highest BCUT2D eigenvalue weighted by Crippen LogP contribution is 2.35. The summed E-state index contributed by atoms with van der Waals surface area (Å²) in [6, 6.07) is 2.20. The number of nitrogens with zero attached hydrogens (tertiary/aromatic N) is 6. The van der Waals surface area contributed by atoms with Crippen molar-refractivity contribution in [3.63, 3.8) is 0 Å². The van der Waals surface area contributed by atoms with Crippen LogP contribution in [0.3, 0.4) is 0 Å². The maximum atomic E-state index is 12.5. The molecule has 1 amide bonds. The number of nitriles is 1. The van der Waals surface area contributed by atoms with Crippen LogP contribution in [0.4, 0.5) is 23.3 Å². The van der Waals surface area contributed by atoms with E-state index in [4.69, 9.17) is 5.26 Å². The first-order valence-electron chi connectivity index (χ1n) is 10.0. The zero-order chi connectivity index (χ0) is 21.4. The van der Waals surface area contributed by atoms with Gasteiger partial charge >= 0.3 is 0 Å². The Hall–Kier alpha value is -3.48. The molecular formula is C20H25N9O. The molecule has 1 aliphatic carbocycles. The summed E-state index contributed by atoms with van der Waals surface area (Å²) in [6.07, 6.45) is 4.78.